The highest BCUT2D eigenvalue weighted by Crippen LogP contribution is 2.35. The smallest absolute Gasteiger partial charge is 0.138 e. The number of nitrogens with zero attached hydrogens (tertiary/aromatic N) is 3. The first-order valence-corrected chi connectivity index (χ1v) is 8.69. The lowest BCUT2D eigenvalue weighted by molar-refractivity contribution is 0.0912. The maximum atomic E-state index is 6.10. The number of aryl methyl sites for hydroxylation is 2. The zero-order valence-corrected chi connectivity index (χ0v) is 13.8. The van der Waals surface area contributed by atoms with Gasteiger partial charge in [0.05, 0.1) is 18.4 Å². The van der Waals surface area contributed by atoms with Crippen LogP contribution in [0.3, 0.4) is 0 Å². The normalized spacial score (nSPS) is 32.9. The molecule has 0 N–H and O–H groups in total. The van der Waals surface area contributed by atoms with E-state index in [-0.39, 0.29) is 0 Å². The Morgan fingerprint density at radius 1 is 1.14 bits per heavy atom. The van der Waals surface area contributed by atoms with Crippen molar-refractivity contribution >= 4 is 0 Å². The largest absolute Gasteiger partial charge is 0.376 e. The molecule has 3 aliphatic rings. The molecule has 1 aromatic rings. The number of rotatable bonds is 4. The van der Waals surface area contributed by atoms with E-state index in [1.165, 1.54) is 38.0 Å². The molecule has 0 radical (unpaired) electrons. The van der Waals surface area contributed by atoms with Crippen LogP contribution in [0, 0.1) is 25.7 Å². The highest BCUT2D eigenvalue weighted by Gasteiger charge is 2.44. The predicted molar refractivity (Wildman–Crippen MR) is 83.6 cm³/mol. The van der Waals surface area contributed by atoms with E-state index in [0.29, 0.717) is 12.0 Å². The van der Waals surface area contributed by atoms with Crippen LogP contribution in [0.5, 0.6) is 0 Å². The second-order valence-corrected chi connectivity index (χ2v) is 7.30. The van der Waals surface area contributed by atoms with Crippen LogP contribution in [0.4, 0.5) is 0 Å². The summed E-state index contributed by atoms with van der Waals surface area (Å²) in [5.74, 6) is 2.39. The molecule has 0 bridgehead atoms. The van der Waals surface area contributed by atoms with E-state index in [0.717, 1.165) is 43.6 Å². The van der Waals surface area contributed by atoms with Gasteiger partial charge in [-0.3, -0.25) is 4.90 Å². The summed E-state index contributed by atoms with van der Waals surface area (Å²) < 4.78 is 11.4. The maximum absolute atomic E-state index is 6.10. The summed E-state index contributed by atoms with van der Waals surface area (Å²) in [6.07, 6.45) is 3.19. The van der Waals surface area contributed by atoms with Crippen molar-refractivity contribution in [3.63, 3.8) is 0 Å². The number of ether oxygens (including phenoxy) is 1. The number of hydrogen-bond acceptors (Lipinski definition) is 5. The third kappa shape index (κ3) is 2.70. The van der Waals surface area contributed by atoms with Gasteiger partial charge in [0.25, 0.3) is 0 Å². The Balaban J connectivity index is 1.37. The molecular weight excluding hydrogens is 278 g/mol. The summed E-state index contributed by atoms with van der Waals surface area (Å²) in [5, 5.41) is 4.07. The van der Waals surface area contributed by atoms with Crippen molar-refractivity contribution in [3.05, 3.63) is 17.0 Å². The van der Waals surface area contributed by atoms with Gasteiger partial charge in [-0.15, -0.1) is 0 Å². The molecule has 5 heteroatoms. The molecule has 1 aromatic heterocycles. The van der Waals surface area contributed by atoms with Crippen LogP contribution >= 0.6 is 0 Å². The van der Waals surface area contributed by atoms with Gasteiger partial charge in [0.15, 0.2) is 0 Å². The molecule has 4 rings (SSSR count). The predicted octanol–water partition coefficient (Wildman–Crippen LogP) is 1.83. The topological polar surface area (TPSA) is 41.7 Å². The standard InChI is InChI=1S/C17H27N3O2/c1-12-15(13(2)22-18-12)8-20-9-16-14(11-21-17(16)10-20)7-19-5-3-4-6-19/h14,16-17H,3-11H2,1-2H3/t14-,16-,17-/m1/s1. The molecule has 0 aliphatic carbocycles. The van der Waals surface area contributed by atoms with Crippen LogP contribution < -0.4 is 0 Å². The number of aromatic nitrogens is 1. The van der Waals surface area contributed by atoms with Crippen molar-refractivity contribution < 1.29 is 9.26 Å². The van der Waals surface area contributed by atoms with E-state index < -0.39 is 0 Å². The minimum absolute atomic E-state index is 0.438. The lowest BCUT2D eigenvalue weighted by Crippen LogP contribution is -2.32. The van der Waals surface area contributed by atoms with E-state index in [4.69, 9.17) is 9.26 Å². The molecule has 0 amide bonds. The first-order chi connectivity index (χ1) is 10.7. The average Bonchev–Trinajstić information content (AvgIpc) is 3.24. The van der Waals surface area contributed by atoms with Crippen LogP contribution in [0.1, 0.15) is 29.9 Å². The quantitative estimate of drug-likeness (QED) is 0.849. The first-order valence-electron chi connectivity index (χ1n) is 8.69. The Hall–Kier alpha value is -0.910. The second kappa shape index (κ2) is 5.95. The van der Waals surface area contributed by atoms with Crippen molar-refractivity contribution in [1.82, 2.24) is 15.0 Å². The fraction of sp³-hybridized carbons (Fsp3) is 0.824. The summed E-state index contributed by atoms with van der Waals surface area (Å²) in [7, 11) is 0. The zero-order chi connectivity index (χ0) is 15.1. The highest BCUT2D eigenvalue weighted by atomic mass is 16.5. The molecule has 22 heavy (non-hydrogen) atoms. The van der Waals surface area contributed by atoms with Gasteiger partial charge >= 0.3 is 0 Å². The molecule has 3 saturated heterocycles. The summed E-state index contributed by atoms with van der Waals surface area (Å²) in [5.41, 5.74) is 2.29. The lowest BCUT2D eigenvalue weighted by atomic mass is 9.93. The van der Waals surface area contributed by atoms with Gasteiger partial charge in [0, 0.05) is 43.6 Å². The second-order valence-electron chi connectivity index (χ2n) is 7.30. The van der Waals surface area contributed by atoms with Crippen LogP contribution in [0.15, 0.2) is 4.52 Å². The van der Waals surface area contributed by atoms with E-state index in [2.05, 4.69) is 15.0 Å². The third-order valence-electron chi connectivity index (χ3n) is 5.77. The van der Waals surface area contributed by atoms with Crippen molar-refractivity contribution in [2.75, 3.05) is 39.3 Å². The third-order valence-corrected chi connectivity index (χ3v) is 5.77. The van der Waals surface area contributed by atoms with Crippen LogP contribution in [0.25, 0.3) is 0 Å². The molecule has 3 atom stereocenters. The molecule has 4 heterocycles. The fourth-order valence-corrected chi connectivity index (χ4v) is 4.45. The van der Waals surface area contributed by atoms with Crippen LogP contribution in [-0.4, -0.2) is 60.4 Å². The van der Waals surface area contributed by atoms with Gasteiger partial charge in [-0.1, -0.05) is 5.16 Å². The van der Waals surface area contributed by atoms with Gasteiger partial charge < -0.3 is 14.2 Å². The first kappa shape index (κ1) is 14.7. The molecule has 0 saturated carbocycles. The molecule has 3 aliphatic heterocycles. The van der Waals surface area contributed by atoms with E-state index in [1.807, 2.05) is 13.8 Å². The van der Waals surface area contributed by atoms with Gasteiger partial charge in [-0.25, -0.2) is 0 Å². The Bertz CT molecular complexity index is 504. The number of likely N-dealkylation sites (tertiary alicyclic amines) is 2. The van der Waals surface area contributed by atoms with Crippen molar-refractivity contribution in [2.24, 2.45) is 11.8 Å². The number of hydrogen-bond donors (Lipinski definition) is 0. The SMILES string of the molecule is Cc1noc(C)c1CN1C[C@@H]2[C@H](CN3CCCC3)CO[C@@H]2C1. The minimum Gasteiger partial charge on any atom is -0.376 e. The molecule has 122 valence electrons. The zero-order valence-electron chi connectivity index (χ0n) is 13.8. The molecule has 5 nitrogen and oxygen atoms in total. The summed E-state index contributed by atoms with van der Waals surface area (Å²) in [6.45, 7) is 12.0. The molecule has 0 aromatic carbocycles. The van der Waals surface area contributed by atoms with E-state index in [1.54, 1.807) is 0 Å². The van der Waals surface area contributed by atoms with Crippen molar-refractivity contribution in [1.29, 1.82) is 0 Å². The maximum Gasteiger partial charge on any atom is 0.138 e. The Morgan fingerprint density at radius 3 is 2.68 bits per heavy atom. The molecule has 0 spiro atoms. The molecular formula is C17H27N3O2. The summed E-state index contributed by atoms with van der Waals surface area (Å²) >= 11 is 0. The molecule has 0 unspecified atom stereocenters. The lowest BCUT2D eigenvalue weighted by Gasteiger charge is -2.24. The Labute approximate surface area is 132 Å². The van der Waals surface area contributed by atoms with E-state index in [9.17, 15) is 0 Å². The van der Waals surface area contributed by atoms with Gasteiger partial charge in [-0.05, 0) is 39.8 Å². The summed E-state index contributed by atoms with van der Waals surface area (Å²) in [4.78, 5) is 5.16. The Morgan fingerprint density at radius 2 is 1.95 bits per heavy atom. The van der Waals surface area contributed by atoms with Gasteiger partial charge in [0.1, 0.15) is 5.76 Å². The van der Waals surface area contributed by atoms with Crippen molar-refractivity contribution in [2.45, 2.75) is 39.3 Å². The Kier molecular flexibility index (Phi) is 3.96. The highest BCUT2D eigenvalue weighted by molar-refractivity contribution is 5.20. The monoisotopic (exact) mass is 305 g/mol. The van der Waals surface area contributed by atoms with Crippen LogP contribution in [0.2, 0.25) is 0 Å². The number of fused-ring (bicyclic) bond motifs is 1. The van der Waals surface area contributed by atoms with E-state index >= 15 is 0 Å². The van der Waals surface area contributed by atoms with Crippen molar-refractivity contribution in [3.8, 4) is 0 Å². The summed E-state index contributed by atoms with van der Waals surface area (Å²) in [6, 6.07) is 0. The van der Waals surface area contributed by atoms with Gasteiger partial charge in [-0.2, -0.15) is 0 Å². The van der Waals surface area contributed by atoms with Gasteiger partial charge in [0.2, 0.25) is 0 Å². The average molecular weight is 305 g/mol. The molecule has 3 fully saturated rings. The van der Waals surface area contributed by atoms with Crippen LogP contribution in [-0.2, 0) is 11.3 Å². The fourth-order valence-electron chi connectivity index (χ4n) is 4.45. The minimum atomic E-state index is 0.438.